The zero-order valence-electron chi connectivity index (χ0n) is 17.5. The highest BCUT2D eigenvalue weighted by Gasteiger charge is 2.17. The number of phenols is 1. The van der Waals surface area contributed by atoms with Crippen molar-refractivity contribution in [2.75, 3.05) is 40.9 Å². The molecule has 0 aliphatic carbocycles. The van der Waals surface area contributed by atoms with Gasteiger partial charge in [-0.15, -0.1) is 24.0 Å². The highest BCUT2D eigenvalue weighted by molar-refractivity contribution is 14.0. The topological polar surface area (TPSA) is 78.4 Å². The maximum absolute atomic E-state index is 10.00. The minimum Gasteiger partial charge on any atom is -0.502 e. The van der Waals surface area contributed by atoms with Crippen molar-refractivity contribution in [3.63, 3.8) is 0 Å². The Morgan fingerprint density at radius 2 is 1.89 bits per heavy atom. The van der Waals surface area contributed by atoms with Crippen LogP contribution in [0.3, 0.4) is 0 Å². The third kappa shape index (κ3) is 7.20. The number of aliphatic imine (C=N–C) groups is 1. The van der Waals surface area contributed by atoms with Crippen molar-refractivity contribution in [1.29, 1.82) is 0 Å². The van der Waals surface area contributed by atoms with Gasteiger partial charge in [0.15, 0.2) is 17.5 Å². The first-order chi connectivity index (χ1) is 13.1. The maximum Gasteiger partial charge on any atom is 0.200 e. The molecular weight excluding hydrogens is 471 g/mol. The molecule has 0 aromatic heterocycles. The van der Waals surface area contributed by atoms with Crippen LogP contribution in [-0.2, 0) is 6.54 Å². The summed E-state index contributed by atoms with van der Waals surface area (Å²) in [5, 5.41) is 16.6. The second-order valence-electron chi connectivity index (χ2n) is 6.94. The van der Waals surface area contributed by atoms with E-state index in [0.29, 0.717) is 24.1 Å². The number of rotatable bonds is 8. The van der Waals surface area contributed by atoms with Crippen molar-refractivity contribution in [1.82, 2.24) is 15.5 Å². The molecule has 2 rings (SSSR count). The van der Waals surface area contributed by atoms with Crippen LogP contribution >= 0.6 is 24.0 Å². The second kappa shape index (κ2) is 12.9. The molecule has 1 atom stereocenters. The number of hydrogen-bond acceptors (Lipinski definition) is 5. The minimum atomic E-state index is 0. The van der Waals surface area contributed by atoms with E-state index in [0.717, 1.165) is 31.0 Å². The Morgan fingerprint density at radius 1 is 1.21 bits per heavy atom. The number of guanidine groups is 1. The highest BCUT2D eigenvalue weighted by atomic mass is 127. The molecule has 1 aromatic rings. The largest absolute Gasteiger partial charge is 0.502 e. The summed E-state index contributed by atoms with van der Waals surface area (Å²) in [4.78, 5) is 6.85. The second-order valence-corrected chi connectivity index (χ2v) is 6.94. The number of aromatic hydroxyl groups is 1. The average molecular weight is 506 g/mol. The number of halogens is 1. The summed E-state index contributed by atoms with van der Waals surface area (Å²) in [6, 6.07) is 4.28. The Bertz CT molecular complexity index is 602. The van der Waals surface area contributed by atoms with Gasteiger partial charge in [-0.3, -0.25) is 4.99 Å². The van der Waals surface area contributed by atoms with Gasteiger partial charge in [0.05, 0.1) is 14.2 Å². The fourth-order valence-electron chi connectivity index (χ4n) is 3.43. The molecule has 0 amide bonds. The highest BCUT2D eigenvalue weighted by Crippen LogP contribution is 2.36. The summed E-state index contributed by atoms with van der Waals surface area (Å²) in [6.07, 6.45) is 5.09. The molecule has 28 heavy (non-hydrogen) atoms. The van der Waals surface area contributed by atoms with Crippen LogP contribution in [0.1, 0.15) is 38.2 Å². The van der Waals surface area contributed by atoms with Gasteiger partial charge in [-0.2, -0.15) is 0 Å². The zero-order valence-corrected chi connectivity index (χ0v) is 19.8. The van der Waals surface area contributed by atoms with Gasteiger partial charge in [0.2, 0.25) is 5.75 Å². The Hall–Kier alpha value is -1.42. The lowest BCUT2D eigenvalue weighted by Crippen LogP contribution is -2.41. The van der Waals surface area contributed by atoms with Gasteiger partial charge in [0, 0.05) is 32.7 Å². The number of benzene rings is 1. The lowest BCUT2D eigenvalue weighted by atomic mass is 10.0. The molecule has 1 aliphatic heterocycles. The molecule has 1 fully saturated rings. The van der Waals surface area contributed by atoms with Crippen molar-refractivity contribution >= 4 is 29.9 Å². The molecule has 0 radical (unpaired) electrons. The van der Waals surface area contributed by atoms with E-state index in [9.17, 15) is 5.11 Å². The summed E-state index contributed by atoms with van der Waals surface area (Å²) in [5.41, 5.74) is 0.937. The van der Waals surface area contributed by atoms with Crippen LogP contribution in [0.5, 0.6) is 17.2 Å². The molecular formula is C20H35IN4O3. The monoisotopic (exact) mass is 506 g/mol. The first-order valence-electron chi connectivity index (χ1n) is 9.71. The van der Waals surface area contributed by atoms with E-state index in [1.54, 1.807) is 19.2 Å². The first-order valence-corrected chi connectivity index (χ1v) is 9.71. The Kier molecular flexibility index (Phi) is 11.4. The number of methoxy groups -OCH3 is 2. The van der Waals surface area contributed by atoms with Crippen LogP contribution in [0.15, 0.2) is 17.1 Å². The lowest BCUT2D eigenvalue weighted by Gasteiger charge is -2.33. The molecule has 1 saturated heterocycles. The van der Waals surface area contributed by atoms with Crippen molar-refractivity contribution in [2.24, 2.45) is 4.99 Å². The van der Waals surface area contributed by atoms with E-state index in [1.807, 2.05) is 0 Å². The van der Waals surface area contributed by atoms with E-state index >= 15 is 0 Å². The predicted molar refractivity (Wildman–Crippen MR) is 124 cm³/mol. The van der Waals surface area contributed by atoms with Crippen LogP contribution in [0.25, 0.3) is 0 Å². The van der Waals surface area contributed by atoms with Crippen LogP contribution in [0.2, 0.25) is 0 Å². The fraction of sp³-hybridized carbons (Fsp3) is 0.650. The van der Waals surface area contributed by atoms with Gasteiger partial charge in [0.1, 0.15) is 0 Å². The summed E-state index contributed by atoms with van der Waals surface area (Å²) in [6.45, 7) is 6.10. The van der Waals surface area contributed by atoms with Gasteiger partial charge in [-0.05, 0) is 50.4 Å². The SMILES string of the molecule is CN=C(NCCCN1CCCCC1C)NCc1cc(OC)c(O)c(OC)c1.I. The van der Waals surface area contributed by atoms with Crippen molar-refractivity contribution in [3.05, 3.63) is 17.7 Å². The third-order valence-electron chi connectivity index (χ3n) is 5.08. The molecule has 1 aromatic carbocycles. The quantitative estimate of drug-likeness (QED) is 0.218. The maximum atomic E-state index is 10.00. The smallest absolute Gasteiger partial charge is 0.200 e. The van der Waals surface area contributed by atoms with E-state index in [2.05, 4.69) is 27.4 Å². The number of hydrogen-bond donors (Lipinski definition) is 3. The number of likely N-dealkylation sites (tertiary alicyclic amines) is 1. The Balaban J connectivity index is 0.00000392. The molecule has 1 aliphatic rings. The molecule has 0 bridgehead atoms. The summed E-state index contributed by atoms with van der Waals surface area (Å²) >= 11 is 0. The molecule has 8 heteroatoms. The number of ether oxygens (including phenoxy) is 2. The van der Waals surface area contributed by atoms with Crippen molar-refractivity contribution in [2.45, 2.75) is 45.2 Å². The van der Waals surface area contributed by atoms with Crippen molar-refractivity contribution in [3.8, 4) is 17.2 Å². The normalized spacial score (nSPS) is 17.6. The minimum absolute atomic E-state index is 0. The summed E-state index contributed by atoms with van der Waals surface area (Å²) in [5.74, 6) is 1.56. The standard InChI is InChI=1S/C20H34N4O3.HI/c1-15-8-5-6-10-24(15)11-7-9-22-20(21-2)23-14-16-12-17(26-3)19(25)18(13-16)27-4;/h12-13,15,25H,5-11,14H2,1-4H3,(H2,21,22,23);1H. The average Bonchev–Trinajstić information content (AvgIpc) is 2.69. The zero-order chi connectivity index (χ0) is 19.6. The van der Waals surface area contributed by atoms with Crippen LogP contribution < -0.4 is 20.1 Å². The number of nitrogens with one attached hydrogen (secondary N) is 2. The number of phenolic OH excluding ortho intramolecular Hbond substituents is 1. The predicted octanol–water partition coefficient (Wildman–Crippen LogP) is 2.96. The van der Waals surface area contributed by atoms with E-state index in [1.165, 1.54) is 40.0 Å². The van der Waals surface area contributed by atoms with E-state index in [-0.39, 0.29) is 29.7 Å². The first kappa shape index (κ1) is 24.6. The van der Waals surface area contributed by atoms with E-state index < -0.39 is 0 Å². The van der Waals surface area contributed by atoms with Gasteiger partial charge in [0.25, 0.3) is 0 Å². The lowest BCUT2D eigenvalue weighted by molar-refractivity contribution is 0.159. The van der Waals surface area contributed by atoms with Gasteiger partial charge < -0.3 is 30.1 Å². The van der Waals surface area contributed by atoms with Crippen LogP contribution in [-0.4, -0.2) is 62.9 Å². The molecule has 1 heterocycles. The molecule has 160 valence electrons. The molecule has 0 spiro atoms. The third-order valence-corrected chi connectivity index (χ3v) is 5.08. The van der Waals surface area contributed by atoms with Crippen LogP contribution in [0.4, 0.5) is 0 Å². The fourth-order valence-corrected chi connectivity index (χ4v) is 3.43. The van der Waals surface area contributed by atoms with Gasteiger partial charge in [-0.25, -0.2) is 0 Å². The number of piperidine rings is 1. The van der Waals surface area contributed by atoms with Gasteiger partial charge in [-0.1, -0.05) is 6.42 Å². The summed E-state index contributed by atoms with van der Waals surface area (Å²) < 4.78 is 10.4. The van der Waals surface area contributed by atoms with Gasteiger partial charge >= 0.3 is 0 Å². The molecule has 7 nitrogen and oxygen atoms in total. The Labute approximate surface area is 185 Å². The van der Waals surface area contributed by atoms with E-state index in [4.69, 9.17) is 9.47 Å². The van der Waals surface area contributed by atoms with Crippen molar-refractivity contribution < 1.29 is 14.6 Å². The molecule has 1 unspecified atom stereocenters. The van der Waals surface area contributed by atoms with Crippen LogP contribution in [0, 0.1) is 0 Å². The molecule has 0 saturated carbocycles. The Morgan fingerprint density at radius 3 is 2.46 bits per heavy atom. The summed E-state index contributed by atoms with van der Waals surface area (Å²) in [7, 11) is 4.81. The molecule has 3 N–H and O–H groups in total. The number of nitrogens with zero attached hydrogens (tertiary/aromatic N) is 2.